The van der Waals surface area contributed by atoms with Crippen LogP contribution in [0.2, 0.25) is 5.02 Å². The summed E-state index contributed by atoms with van der Waals surface area (Å²) in [6.45, 7) is 2.16. The summed E-state index contributed by atoms with van der Waals surface area (Å²) >= 11 is 5.93. The Morgan fingerprint density at radius 2 is 1.89 bits per heavy atom. The quantitative estimate of drug-likeness (QED) is 0.797. The number of benzene rings is 2. The van der Waals surface area contributed by atoms with E-state index in [0.717, 1.165) is 5.56 Å². The molecule has 6 nitrogen and oxygen atoms in total. The maximum Gasteiger partial charge on any atom is 0.337 e. The van der Waals surface area contributed by atoms with Crippen LogP contribution in [0.4, 0.5) is 5.69 Å². The minimum atomic E-state index is -0.408. The van der Waals surface area contributed by atoms with Crippen molar-refractivity contribution < 1.29 is 19.1 Å². The van der Waals surface area contributed by atoms with Gasteiger partial charge >= 0.3 is 5.97 Å². The Balaban J connectivity index is 1.54. The number of ether oxygens (including phenoxy) is 2. The number of hydrogen-bond donors (Lipinski definition) is 1. The van der Waals surface area contributed by atoms with Crippen molar-refractivity contribution in [3.8, 4) is 0 Å². The molecule has 0 aromatic heterocycles. The Hall–Kier alpha value is -2.41. The molecule has 1 unspecified atom stereocenters. The molecule has 1 saturated heterocycles. The summed E-state index contributed by atoms with van der Waals surface area (Å²) < 4.78 is 10.5. The smallest absolute Gasteiger partial charge is 0.337 e. The second-order valence-corrected chi connectivity index (χ2v) is 6.70. The lowest BCUT2D eigenvalue weighted by Gasteiger charge is -2.32. The van der Waals surface area contributed by atoms with Gasteiger partial charge in [-0.05, 0) is 42.0 Å². The molecule has 27 heavy (non-hydrogen) atoms. The van der Waals surface area contributed by atoms with Gasteiger partial charge in [0, 0.05) is 23.8 Å². The van der Waals surface area contributed by atoms with Gasteiger partial charge in [0.25, 0.3) is 0 Å². The van der Waals surface area contributed by atoms with Gasteiger partial charge in [0.1, 0.15) is 0 Å². The molecule has 1 heterocycles. The molecule has 1 fully saturated rings. The summed E-state index contributed by atoms with van der Waals surface area (Å²) in [5.41, 5.74) is 2.12. The van der Waals surface area contributed by atoms with Gasteiger partial charge in [0.15, 0.2) is 0 Å². The summed E-state index contributed by atoms with van der Waals surface area (Å²) in [5, 5.41) is 3.53. The van der Waals surface area contributed by atoms with Gasteiger partial charge in [-0.2, -0.15) is 0 Å². The molecule has 0 spiro atoms. The predicted molar refractivity (Wildman–Crippen MR) is 103 cm³/mol. The zero-order valence-corrected chi connectivity index (χ0v) is 15.7. The molecule has 0 saturated carbocycles. The van der Waals surface area contributed by atoms with E-state index >= 15 is 0 Å². The Kier molecular flexibility index (Phi) is 6.45. The molecule has 0 aliphatic carbocycles. The van der Waals surface area contributed by atoms with Gasteiger partial charge in [-0.15, -0.1) is 0 Å². The van der Waals surface area contributed by atoms with Crippen molar-refractivity contribution >= 4 is 29.2 Å². The number of hydrogen-bond acceptors (Lipinski definition) is 5. The number of halogens is 1. The van der Waals surface area contributed by atoms with Gasteiger partial charge < -0.3 is 14.8 Å². The van der Waals surface area contributed by atoms with Crippen LogP contribution in [0.3, 0.4) is 0 Å². The number of rotatable bonds is 5. The van der Waals surface area contributed by atoms with Crippen LogP contribution in [0.5, 0.6) is 0 Å². The van der Waals surface area contributed by atoms with E-state index in [0.29, 0.717) is 36.0 Å². The number of anilines is 1. The van der Waals surface area contributed by atoms with E-state index in [1.165, 1.54) is 7.11 Å². The summed E-state index contributed by atoms with van der Waals surface area (Å²) in [6.07, 6.45) is -0.0804. The minimum Gasteiger partial charge on any atom is -0.465 e. The van der Waals surface area contributed by atoms with E-state index in [1.807, 2.05) is 24.3 Å². The van der Waals surface area contributed by atoms with Crippen LogP contribution in [0.1, 0.15) is 22.0 Å². The fraction of sp³-hybridized carbons (Fsp3) is 0.300. The largest absolute Gasteiger partial charge is 0.465 e. The van der Waals surface area contributed by atoms with Crippen molar-refractivity contribution in [3.63, 3.8) is 0 Å². The number of nitrogens with one attached hydrogen (secondary N) is 1. The van der Waals surface area contributed by atoms with Crippen molar-refractivity contribution in [2.75, 3.05) is 38.7 Å². The standard InChI is InChI=1S/C20H21ClN2O4/c1-26-20(25)15-4-8-17(9-5-15)22-19(24)13-23-10-11-27-18(12-23)14-2-6-16(21)7-3-14/h2-9,18H,10-13H2,1H3,(H,22,24). The van der Waals surface area contributed by atoms with E-state index in [1.54, 1.807) is 24.3 Å². The lowest BCUT2D eigenvalue weighted by molar-refractivity contribution is -0.119. The predicted octanol–water partition coefficient (Wildman–Crippen LogP) is 3.14. The molecule has 0 radical (unpaired) electrons. The third kappa shape index (κ3) is 5.29. The molecule has 1 amide bonds. The SMILES string of the molecule is COC(=O)c1ccc(NC(=O)CN2CCOC(c3ccc(Cl)cc3)C2)cc1. The van der Waals surface area contributed by atoms with Crippen LogP contribution in [0.15, 0.2) is 48.5 Å². The molecule has 1 aliphatic heterocycles. The summed E-state index contributed by atoms with van der Waals surface area (Å²) in [6, 6.07) is 14.2. The number of morpholine rings is 1. The lowest BCUT2D eigenvalue weighted by Crippen LogP contribution is -2.42. The molecular weight excluding hydrogens is 368 g/mol. The fourth-order valence-electron chi connectivity index (χ4n) is 2.94. The monoisotopic (exact) mass is 388 g/mol. The molecule has 1 atom stereocenters. The molecule has 3 rings (SSSR count). The van der Waals surface area contributed by atoms with E-state index in [9.17, 15) is 9.59 Å². The van der Waals surface area contributed by atoms with Crippen molar-refractivity contribution in [2.24, 2.45) is 0 Å². The van der Waals surface area contributed by atoms with Gasteiger partial charge in [-0.3, -0.25) is 9.69 Å². The average molecular weight is 389 g/mol. The molecule has 0 bridgehead atoms. The highest BCUT2D eigenvalue weighted by atomic mass is 35.5. The Morgan fingerprint density at radius 3 is 2.56 bits per heavy atom. The molecule has 1 N–H and O–H groups in total. The van der Waals surface area contributed by atoms with Crippen LogP contribution in [0, 0.1) is 0 Å². The third-order valence-corrected chi connectivity index (χ3v) is 4.60. The number of esters is 1. The number of carbonyl (C=O) groups is 2. The van der Waals surface area contributed by atoms with Crippen LogP contribution in [0.25, 0.3) is 0 Å². The van der Waals surface area contributed by atoms with Crippen molar-refractivity contribution in [1.82, 2.24) is 4.90 Å². The lowest BCUT2D eigenvalue weighted by atomic mass is 10.1. The van der Waals surface area contributed by atoms with Crippen molar-refractivity contribution in [1.29, 1.82) is 0 Å². The summed E-state index contributed by atoms with van der Waals surface area (Å²) in [4.78, 5) is 25.8. The van der Waals surface area contributed by atoms with E-state index in [4.69, 9.17) is 16.3 Å². The molecule has 2 aromatic carbocycles. The molecule has 2 aromatic rings. The molecular formula is C20H21ClN2O4. The first-order valence-electron chi connectivity index (χ1n) is 8.63. The van der Waals surface area contributed by atoms with Crippen LogP contribution < -0.4 is 5.32 Å². The Labute approximate surface area is 163 Å². The van der Waals surface area contributed by atoms with E-state index < -0.39 is 5.97 Å². The number of carbonyl (C=O) groups excluding carboxylic acids is 2. The average Bonchev–Trinajstić information content (AvgIpc) is 2.68. The second kappa shape index (κ2) is 8.99. The number of nitrogens with zero attached hydrogens (tertiary/aromatic N) is 1. The molecule has 1 aliphatic rings. The Bertz CT molecular complexity index is 793. The number of methoxy groups -OCH3 is 1. The molecule has 142 valence electrons. The van der Waals surface area contributed by atoms with E-state index in [2.05, 4.69) is 15.0 Å². The second-order valence-electron chi connectivity index (χ2n) is 6.26. The van der Waals surface area contributed by atoms with Gasteiger partial charge in [-0.25, -0.2) is 4.79 Å². The van der Waals surface area contributed by atoms with Gasteiger partial charge in [0.05, 0.1) is 31.9 Å². The van der Waals surface area contributed by atoms with Crippen molar-refractivity contribution in [2.45, 2.75) is 6.10 Å². The number of amides is 1. The highest BCUT2D eigenvalue weighted by Crippen LogP contribution is 2.23. The van der Waals surface area contributed by atoms with Gasteiger partial charge in [-0.1, -0.05) is 23.7 Å². The first-order valence-corrected chi connectivity index (χ1v) is 9.00. The third-order valence-electron chi connectivity index (χ3n) is 4.35. The van der Waals surface area contributed by atoms with Crippen LogP contribution in [-0.4, -0.2) is 50.1 Å². The first kappa shape index (κ1) is 19.4. The van der Waals surface area contributed by atoms with Crippen LogP contribution in [-0.2, 0) is 14.3 Å². The normalized spacial score (nSPS) is 17.3. The topological polar surface area (TPSA) is 67.9 Å². The van der Waals surface area contributed by atoms with Gasteiger partial charge in [0.2, 0.25) is 5.91 Å². The summed E-state index contributed by atoms with van der Waals surface area (Å²) in [7, 11) is 1.33. The summed E-state index contributed by atoms with van der Waals surface area (Å²) in [5.74, 6) is -0.521. The van der Waals surface area contributed by atoms with Crippen molar-refractivity contribution in [3.05, 3.63) is 64.7 Å². The first-order chi connectivity index (χ1) is 13.0. The van der Waals surface area contributed by atoms with E-state index in [-0.39, 0.29) is 18.6 Å². The highest BCUT2D eigenvalue weighted by molar-refractivity contribution is 6.30. The maximum atomic E-state index is 12.3. The van der Waals surface area contributed by atoms with Crippen LogP contribution >= 0.6 is 11.6 Å². The fourth-order valence-corrected chi connectivity index (χ4v) is 3.06. The highest BCUT2D eigenvalue weighted by Gasteiger charge is 2.23. The molecule has 7 heteroatoms. The minimum absolute atomic E-state index is 0.0804. The zero-order chi connectivity index (χ0) is 19.2. The maximum absolute atomic E-state index is 12.3. The zero-order valence-electron chi connectivity index (χ0n) is 15.0. The Morgan fingerprint density at radius 1 is 1.19 bits per heavy atom.